The molecule has 2 heterocycles. The van der Waals surface area contributed by atoms with Crippen molar-refractivity contribution in [3.8, 4) is 0 Å². The van der Waals surface area contributed by atoms with E-state index in [4.69, 9.17) is 4.42 Å². The van der Waals surface area contributed by atoms with Gasteiger partial charge in [0.25, 0.3) is 0 Å². The van der Waals surface area contributed by atoms with E-state index in [-0.39, 0.29) is 23.8 Å². The molecule has 1 amide bonds. The second-order valence-corrected chi connectivity index (χ2v) is 10.6. The summed E-state index contributed by atoms with van der Waals surface area (Å²) in [6, 6.07) is 12.0. The Morgan fingerprint density at radius 1 is 1.12 bits per heavy atom. The molecule has 166 valence electrons. The molecular weight excluding hydrogens is 451 g/mol. The van der Waals surface area contributed by atoms with Crippen LogP contribution in [0, 0.1) is 19.7 Å². The van der Waals surface area contributed by atoms with E-state index in [1.165, 1.54) is 34.6 Å². The number of sulfone groups is 1. The Morgan fingerprint density at radius 2 is 1.84 bits per heavy atom. The molecule has 6 nitrogen and oxygen atoms in total. The minimum atomic E-state index is -3.74. The lowest BCUT2D eigenvalue weighted by Gasteiger charge is -2.18. The molecule has 2 aromatic carbocycles. The van der Waals surface area contributed by atoms with Crippen molar-refractivity contribution in [2.24, 2.45) is 0 Å². The third-order valence-electron chi connectivity index (χ3n) is 5.18. The lowest BCUT2D eigenvalue weighted by atomic mass is 10.1. The number of benzene rings is 2. The average molecular weight is 473 g/mol. The van der Waals surface area contributed by atoms with Crippen LogP contribution in [-0.2, 0) is 21.2 Å². The van der Waals surface area contributed by atoms with Crippen LogP contribution < -0.4 is 4.90 Å². The fraction of sp³-hybridized carbons (Fsp3) is 0.217. The number of fused-ring (bicyclic) bond motifs is 1. The maximum absolute atomic E-state index is 13.1. The van der Waals surface area contributed by atoms with Crippen LogP contribution in [0.3, 0.4) is 0 Å². The number of carbonyl (C=O) groups is 1. The first kappa shape index (κ1) is 22.2. The summed E-state index contributed by atoms with van der Waals surface area (Å²) >= 11 is 1.37. The largest absolute Gasteiger partial charge is 0.467 e. The lowest BCUT2D eigenvalue weighted by Crippen LogP contribution is -2.31. The Bertz CT molecular complexity index is 1320. The number of anilines is 1. The number of halogens is 1. The summed E-state index contributed by atoms with van der Waals surface area (Å²) in [6.45, 7) is 4.15. The van der Waals surface area contributed by atoms with Crippen molar-refractivity contribution < 1.29 is 22.0 Å². The molecule has 0 aliphatic heterocycles. The van der Waals surface area contributed by atoms with Gasteiger partial charge in [-0.1, -0.05) is 11.3 Å². The highest BCUT2D eigenvalue weighted by Crippen LogP contribution is 2.32. The number of aryl methyl sites for hydroxylation is 2. The fourth-order valence-corrected chi connectivity index (χ4v) is 5.51. The maximum Gasteiger partial charge on any atom is 0.230 e. The van der Waals surface area contributed by atoms with E-state index in [1.54, 1.807) is 12.1 Å². The van der Waals surface area contributed by atoms with Gasteiger partial charge in [0.15, 0.2) is 15.0 Å². The Labute approximate surface area is 189 Å². The smallest absolute Gasteiger partial charge is 0.230 e. The summed E-state index contributed by atoms with van der Waals surface area (Å²) in [6.07, 6.45) is 1.27. The molecule has 0 fully saturated rings. The van der Waals surface area contributed by atoms with Crippen molar-refractivity contribution in [1.82, 2.24) is 4.98 Å². The fourth-order valence-electron chi connectivity index (χ4n) is 3.22. The van der Waals surface area contributed by atoms with E-state index in [0.717, 1.165) is 33.5 Å². The third kappa shape index (κ3) is 4.73. The summed E-state index contributed by atoms with van der Waals surface area (Å²) in [4.78, 5) is 19.2. The van der Waals surface area contributed by atoms with Crippen LogP contribution >= 0.6 is 11.3 Å². The maximum atomic E-state index is 13.1. The van der Waals surface area contributed by atoms with Crippen LogP contribution in [0.25, 0.3) is 10.2 Å². The molecule has 0 aliphatic carbocycles. The van der Waals surface area contributed by atoms with Crippen LogP contribution in [0.1, 0.15) is 23.3 Å². The molecule has 0 N–H and O–H groups in total. The topological polar surface area (TPSA) is 80.5 Å². The van der Waals surface area contributed by atoms with Crippen molar-refractivity contribution in [3.05, 3.63) is 77.5 Å². The predicted molar refractivity (Wildman–Crippen MR) is 122 cm³/mol. The Balaban J connectivity index is 1.60. The van der Waals surface area contributed by atoms with Crippen LogP contribution in [0.4, 0.5) is 9.52 Å². The summed E-state index contributed by atoms with van der Waals surface area (Å²) in [5.41, 5.74) is 3.01. The van der Waals surface area contributed by atoms with Gasteiger partial charge in [-0.15, -0.1) is 0 Å². The Morgan fingerprint density at radius 3 is 2.53 bits per heavy atom. The van der Waals surface area contributed by atoms with Crippen LogP contribution in [0.15, 0.2) is 64.1 Å². The zero-order valence-corrected chi connectivity index (χ0v) is 19.2. The number of nitrogens with zero attached hydrogens (tertiary/aromatic N) is 2. The van der Waals surface area contributed by atoms with E-state index in [2.05, 4.69) is 4.98 Å². The molecule has 0 spiro atoms. The zero-order valence-electron chi connectivity index (χ0n) is 17.5. The van der Waals surface area contributed by atoms with Gasteiger partial charge in [0, 0.05) is 6.42 Å². The molecule has 0 radical (unpaired) electrons. The monoisotopic (exact) mass is 472 g/mol. The molecule has 32 heavy (non-hydrogen) atoms. The highest BCUT2D eigenvalue weighted by Gasteiger charge is 2.24. The molecule has 0 saturated heterocycles. The quantitative estimate of drug-likeness (QED) is 0.352. The van der Waals surface area contributed by atoms with Gasteiger partial charge in [-0.2, -0.15) is 0 Å². The van der Waals surface area contributed by atoms with Gasteiger partial charge in [-0.05, 0) is 73.5 Å². The predicted octanol–water partition coefficient (Wildman–Crippen LogP) is 5.04. The van der Waals surface area contributed by atoms with Crippen molar-refractivity contribution >= 4 is 42.4 Å². The van der Waals surface area contributed by atoms with Crippen molar-refractivity contribution in [2.45, 2.75) is 31.7 Å². The van der Waals surface area contributed by atoms with Crippen LogP contribution in [-0.4, -0.2) is 25.1 Å². The third-order valence-corrected chi connectivity index (χ3v) is 7.95. The van der Waals surface area contributed by atoms with Gasteiger partial charge in [0.1, 0.15) is 11.6 Å². The normalized spacial score (nSPS) is 11.7. The van der Waals surface area contributed by atoms with Gasteiger partial charge < -0.3 is 4.42 Å². The first-order valence-corrected chi connectivity index (χ1v) is 12.4. The first-order chi connectivity index (χ1) is 15.2. The van der Waals surface area contributed by atoms with Crippen molar-refractivity contribution in [1.29, 1.82) is 0 Å². The SMILES string of the molecule is Cc1cc2nc(N(Cc3ccco3)C(=O)CCS(=O)(=O)c3ccc(F)cc3)sc2cc1C. The lowest BCUT2D eigenvalue weighted by molar-refractivity contribution is -0.118. The Hall–Kier alpha value is -3.04. The second-order valence-electron chi connectivity index (χ2n) is 7.48. The average Bonchev–Trinajstić information content (AvgIpc) is 3.40. The van der Waals surface area contributed by atoms with Gasteiger partial charge >= 0.3 is 0 Å². The minimum Gasteiger partial charge on any atom is -0.467 e. The molecule has 0 unspecified atom stereocenters. The summed E-state index contributed by atoms with van der Waals surface area (Å²) in [7, 11) is -3.74. The summed E-state index contributed by atoms with van der Waals surface area (Å²) in [5.74, 6) is -0.744. The summed E-state index contributed by atoms with van der Waals surface area (Å²) in [5, 5.41) is 0.477. The number of hydrogen-bond acceptors (Lipinski definition) is 6. The van der Waals surface area contributed by atoms with Gasteiger partial charge in [-0.25, -0.2) is 17.8 Å². The number of furan rings is 1. The van der Waals surface area contributed by atoms with Gasteiger partial charge in [-0.3, -0.25) is 9.69 Å². The van der Waals surface area contributed by atoms with Crippen molar-refractivity contribution in [3.63, 3.8) is 0 Å². The first-order valence-electron chi connectivity index (χ1n) is 9.92. The number of hydrogen-bond donors (Lipinski definition) is 0. The number of rotatable bonds is 7. The summed E-state index contributed by atoms with van der Waals surface area (Å²) < 4.78 is 44.7. The number of thiazole rings is 1. The molecule has 0 atom stereocenters. The van der Waals surface area contributed by atoms with E-state index >= 15 is 0 Å². The molecule has 0 bridgehead atoms. The van der Waals surface area contributed by atoms with E-state index < -0.39 is 21.4 Å². The molecule has 0 aliphatic rings. The number of carbonyl (C=O) groups excluding carboxylic acids is 1. The second kappa shape index (κ2) is 8.84. The highest BCUT2D eigenvalue weighted by atomic mass is 32.2. The molecule has 0 saturated carbocycles. The molecule has 9 heteroatoms. The van der Waals surface area contributed by atoms with E-state index in [0.29, 0.717) is 10.9 Å². The van der Waals surface area contributed by atoms with E-state index in [1.807, 2.05) is 26.0 Å². The van der Waals surface area contributed by atoms with E-state index in [9.17, 15) is 17.6 Å². The molecule has 4 aromatic rings. The van der Waals surface area contributed by atoms with Gasteiger partial charge in [0.2, 0.25) is 5.91 Å². The number of aromatic nitrogens is 1. The van der Waals surface area contributed by atoms with Gasteiger partial charge in [0.05, 0.1) is 33.7 Å². The van der Waals surface area contributed by atoms with Crippen molar-refractivity contribution in [2.75, 3.05) is 10.7 Å². The Kier molecular flexibility index (Phi) is 6.12. The van der Waals surface area contributed by atoms with Crippen LogP contribution in [0.2, 0.25) is 0 Å². The highest BCUT2D eigenvalue weighted by molar-refractivity contribution is 7.91. The minimum absolute atomic E-state index is 0.0183. The number of amides is 1. The zero-order chi connectivity index (χ0) is 22.9. The standard InChI is InChI=1S/C23H21FN2O4S2/c1-15-12-20-21(13-16(15)2)31-23(25-20)26(14-18-4-3-10-30-18)22(27)9-11-32(28,29)19-7-5-17(24)6-8-19/h3-8,10,12-13H,9,11,14H2,1-2H3. The molecule has 2 aromatic heterocycles. The molecule has 4 rings (SSSR count). The van der Waals surface area contributed by atoms with Crippen LogP contribution in [0.5, 0.6) is 0 Å². The molecular formula is C23H21FN2O4S2.